The van der Waals surface area contributed by atoms with Crippen LogP contribution in [0.25, 0.3) is 22.3 Å². The average Bonchev–Trinajstić information content (AvgIpc) is 2.79. The quantitative estimate of drug-likeness (QED) is 0.440. The highest BCUT2D eigenvalue weighted by Gasteiger charge is 2.22. The lowest BCUT2D eigenvalue weighted by Gasteiger charge is -2.18. The Hall–Kier alpha value is -3.95. The van der Waals surface area contributed by atoms with Crippen LogP contribution in [-0.4, -0.2) is 36.1 Å². The molecule has 0 amide bonds. The van der Waals surface area contributed by atoms with E-state index in [0.29, 0.717) is 22.4 Å². The molecule has 0 aromatic heterocycles. The number of allylic oxidation sites excluding steroid dienone is 1. The largest absolute Gasteiger partial charge is 0.508 e. The second-order valence-electron chi connectivity index (χ2n) is 6.52. The molecule has 0 bridgehead atoms. The highest BCUT2D eigenvalue weighted by molar-refractivity contribution is 6.25. The molecule has 0 unspecified atom stereocenters. The predicted octanol–water partition coefficient (Wildman–Crippen LogP) is 5.29. The van der Waals surface area contributed by atoms with Gasteiger partial charge in [-0.3, -0.25) is 0 Å². The van der Waals surface area contributed by atoms with Crippen molar-refractivity contribution in [1.29, 1.82) is 0 Å². The van der Waals surface area contributed by atoms with Crippen molar-refractivity contribution in [3.8, 4) is 68.6 Å². The summed E-state index contributed by atoms with van der Waals surface area (Å²) in [6, 6.07) is 12.9. The number of halogens is 1. The van der Waals surface area contributed by atoms with Gasteiger partial charge in [0, 0.05) is 11.1 Å². The van der Waals surface area contributed by atoms with Gasteiger partial charge in [0.15, 0.2) is 23.0 Å². The number of rotatable bonds is 6. The summed E-state index contributed by atoms with van der Waals surface area (Å²) in [5.74, 6) is 6.09. The van der Waals surface area contributed by atoms with Crippen molar-refractivity contribution >= 4 is 11.6 Å². The van der Waals surface area contributed by atoms with Gasteiger partial charge in [0.25, 0.3) is 0 Å². The predicted molar refractivity (Wildman–Crippen MR) is 124 cm³/mol. The van der Waals surface area contributed by atoms with E-state index in [1.807, 2.05) is 0 Å². The Balaban J connectivity index is 2.03. The lowest BCUT2D eigenvalue weighted by atomic mass is 9.96. The normalized spacial score (nSPS) is 10.5. The minimum atomic E-state index is -0.151. The van der Waals surface area contributed by atoms with Crippen LogP contribution >= 0.6 is 11.6 Å². The molecule has 6 nitrogen and oxygen atoms in total. The third-order valence-electron chi connectivity index (χ3n) is 4.62. The smallest absolute Gasteiger partial charge is 0.170 e. The van der Waals surface area contributed by atoms with Gasteiger partial charge in [-0.15, -0.1) is 0 Å². The fourth-order valence-electron chi connectivity index (χ4n) is 3.17. The number of methoxy groups -OCH3 is 2. The summed E-state index contributed by atoms with van der Waals surface area (Å²) in [7, 11) is 2.93. The Morgan fingerprint density at radius 3 is 2.25 bits per heavy atom. The van der Waals surface area contributed by atoms with Crippen molar-refractivity contribution in [3.05, 3.63) is 60.1 Å². The van der Waals surface area contributed by atoms with E-state index < -0.39 is 0 Å². The highest BCUT2D eigenvalue weighted by atomic mass is 35.5. The van der Waals surface area contributed by atoms with Gasteiger partial charge in [0.05, 0.1) is 19.8 Å². The summed E-state index contributed by atoms with van der Waals surface area (Å²) in [5, 5.41) is 31.0. The standard InChI is InChI=1S/C25H21ClO6/c1-30-22-15-19(16-6-9-18(27)10-7-16)25(31-2)24(29)23(22)17-8-11-21(20(28)14-17)32-13-5-3-4-12-26/h4,6-12,14-15,27-29H,13H2,1-2H3. The SMILES string of the molecule is COc1cc(-c2ccc(O)cc2)c(OC)c(O)c1-c1ccc(OCC#CC=CCl)c(O)c1. The number of phenols is 3. The minimum absolute atomic E-state index is 0.0673. The molecule has 0 aliphatic rings. The first-order valence-electron chi connectivity index (χ1n) is 9.47. The lowest BCUT2D eigenvalue weighted by Crippen LogP contribution is -1.97. The molecule has 0 saturated heterocycles. The van der Waals surface area contributed by atoms with E-state index in [0.717, 1.165) is 5.56 Å². The first-order chi connectivity index (χ1) is 15.5. The maximum atomic E-state index is 11.0. The molecule has 3 rings (SSSR count). The molecular weight excluding hydrogens is 432 g/mol. The van der Waals surface area contributed by atoms with Gasteiger partial charge in [-0.05, 0) is 47.5 Å². The highest BCUT2D eigenvalue weighted by Crippen LogP contribution is 2.50. The Bertz CT molecular complexity index is 1190. The fraction of sp³-hybridized carbons (Fsp3) is 0.120. The van der Waals surface area contributed by atoms with Crippen molar-refractivity contribution in [1.82, 2.24) is 0 Å². The van der Waals surface area contributed by atoms with Gasteiger partial charge in [-0.25, -0.2) is 0 Å². The van der Waals surface area contributed by atoms with Crippen molar-refractivity contribution in [3.63, 3.8) is 0 Å². The summed E-state index contributed by atoms with van der Waals surface area (Å²) < 4.78 is 16.5. The molecule has 0 atom stereocenters. The maximum absolute atomic E-state index is 11.0. The van der Waals surface area contributed by atoms with Crippen LogP contribution in [0.2, 0.25) is 0 Å². The molecule has 0 spiro atoms. The summed E-state index contributed by atoms with van der Waals surface area (Å²) in [6.07, 6.45) is 1.47. The molecule has 164 valence electrons. The van der Waals surface area contributed by atoms with E-state index in [9.17, 15) is 15.3 Å². The molecule has 0 aliphatic carbocycles. The number of phenolic OH excluding ortho intramolecular Hbond substituents is 3. The molecule has 3 aromatic carbocycles. The van der Waals surface area contributed by atoms with Crippen LogP contribution in [-0.2, 0) is 0 Å². The number of hydrogen-bond donors (Lipinski definition) is 3. The number of ether oxygens (including phenoxy) is 3. The maximum Gasteiger partial charge on any atom is 0.170 e. The van der Waals surface area contributed by atoms with Gasteiger partial charge < -0.3 is 29.5 Å². The Morgan fingerprint density at radius 2 is 1.62 bits per heavy atom. The lowest BCUT2D eigenvalue weighted by molar-refractivity contribution is 0.342. The molecule has 32 heavy (non-hydrogen) atoms. The van der Waals surface area contributed by atoms with Gasteiger partial charge in [-0.2, -0.15) is 0 Å². The summed E-state index contributed by atoms with van der Waals surface area (Å²) in [6.45, 7) is 0.0673. The van der Waals surface area contributed by atoms with E-state index in [2.05, 4.69) is 11.8 Å². The number of hydrogen-bond acceptors (Lipinski definition) is 6. The van der Waals surface area contributed by atoms with Crippen molar-refractivity contribution < 1.29 is 29.5 Å². The van der Waals surface area contributed by atoms with Gasteiger partial charge in [-0.1, -0.05) is 41.6 Å². The van der Waals surface area contributed by atoms with Crippen LogP contribution in [0.1, 0.15) is 0 Å². The molecule has 7 heteroatoms. The van der Waals surface area contributed by atoms with Crippen molar-refractivity contribution in [2.45, 2.75) is 0 Å². The molecule has 3 N–H and O–H groups in total. The first kappa shape index (κ1) is 22.7. The summed E-state index contributed by atoms with van der Waals surface area (Å²) >= 11 is 5.39. The van der Waals surface area contributed by atoms with Crippen LogP contribution < -0.4 is 14.2 Å². The third-order valence-corrected chi connectivity index (χ3v) is 4.74. The van der Waals surface area contributed by atoms with Crippen LogP contribution in [0.3, 0.4) is 0 Å². The molecule has 3 aromatic rings. The van der Waals surface area contributed by atoms with Gasteiger partial charge >= 0.3 is 0 Å². The van der Waals surface area contributed by atoms with E-state index in [4.69, 9.17) is 25.8 Å². The van der Waals surface area contributed by atoms with Crippen LogP contribution in [0, 0.1) is 11.8 Å². The molecule has 0 saturated carbocycles. The Labute approximate surface area is 190 Å². The second-order valence-corrected chi connectivity index (χ2v) is 6.77. The summed E-state index contributed by atoms with van der Waals surface area (Å²) in [4.78, 5) is 0. The second kappa shape index (κ2) is 10.4. The molecule has 0 heterocycles. The zero-order chi connectivity index (χ0) is 23.1. The first-order valence-corrected chi connectivity index (χ1v) is 9.91. The summed E-state index contributed by atoms with van der Waals surface area (Å²) in [5.41, 5.74) is 3.44. The van der Waals surface area contributed by atoms with E-state index in [-0.39, 0.29) is 35.4 Å². The fourth-order valence-corrected chi connectivity index (χ4v) is 3.23. The van der Waals surface area contributed by atoms with E-state index in [1.54, 1.807) is 42.5 Å². The minimum Gasteiger partial charge on any atom is -0.508 e. The zero-order valence-corrected chi connectivity index (χ0v) is 18.2. The van der Waals surface area contributed by atoms with Gasteiger partial charge in [0.1, 0.15) is 18.1 Å². The van der Waals surface area contributed by atoms with Crippen LogP contribution in [0.15, 0.2) is 60.1 Å². The topological polar surface area (TPSA) is 88.4 Å². The number of benzene rings is 3. The zero-order valence-electron chi connectivity index (χ0n) is 17.4. The molecule has 0 radical (unpaired) electrons. The average molecular weight is 453 g/mol. The van der Waals surface area contributed by atoms with Gasteiger partial charge in [0.2, 0.25) is 0 Å². The monoisotopic (exact) mass is 452 g/mol. The van der Waals surface area contributed by atoms with E-state index >= 15 is 0 Å². The Morgan fingerprint density at radius 1 is 0.906 bits per heavy atom. The van der Waals surface area contributed by atoms with Crippen LogP contribution in [0.5, 0.6) is 34.5 Å². The molecule has 0 fully saturated rings. The van der Waals surface area contributed by atoms with Crippen LogP contribution in [0.4, 0.5) is 0 Å². The Kier molecular flexibility index (Phi) is 7.37. The van der Waals surface area contributed by atoms with Crippen molar-refractivity contribution in [2.75, 3.05) is 20.8 Å². The van der Waals surface area contributed by atoms with Crippen molar-refractivity contribution in [2.24, 2.45) is 0 Å². The van der Waals surface area contributed by atoms with E-state index in [1.165, 1.54) is 31.9 Å². The molecule has 0 aliphatic heterocycles. The molecular formula is C25H21ClO6. The number of aromatic hydroxyl groups is 3. The third kappa shape index (κ3) is 4.85.